The van der Waals surface area contributed by atoms with Gasteiger partial charge in [0.2, 0.25) is 0 Å². The van der Waals surface area contributed by atoms with Crippen LogP contribution in [0.15, 0.2) is 70.7 Å². The first kappa shape index (κ1) is 12.5. The van der Waals surface area contributed by atoms with E-state index in [1.165, 1.54) is 0 Å². The van der Waals surface area contributed by atoms with E-state index < -0.39 is 10.8 Å². The Balaban J connectivity index is 2.16. The molecule has 0 fully saturated rings. The third kappa shape index (κ3) is 3.05. The standard InChI is InChI=1S/C14H13NO2S/c16-15-14(12-7-3-1-4-8-12)11-18(17)13-9-5-2-6-10-13/h1-10,16H,11H2/t18-/m1/s1. The van der Waals surface area contributed by atoms with Crippen molar-refractivity contribution in [1.82, 2.24) is 0 Å². The number of hydrogen-bond acceptors (Lipinski definition) is 3. The maximum absolute atomic E-state index is 12.1. The second kappa shape index (κ2) is 6.12. The molecular formula is C14H13NO2S. The molecule has 18 heavy (non-hydrogen) atoms. The summed E-state index contributed by atoms with van der Waals surface area (Å²) in [5.74, 6) is 0.199. The van der Waals surface area contributed by atoms with Crippen molar-refractivity contribution < 1.29 is 9.42 Å². The molecule has 0 saturated carbocycles. The highest BCUT2D eigenvalue weighted by Gasteiger charge is 2.10. The molecule has 92 valence electrons. The quantitative estimate of drug-likeness (QED) is 0.521. The monoisotopic (exact) mass is 259 g/mol. The smallest absolute Gasteiger partial charge is 0.0996 e. The minimum atomic E-state index is -1.20. The average molecular weight is 259 g/mol. The average Bonchev–Trinajstić information content (AvgIpc) is 2.46. The van der Waals surface area contributed by atoms with Gasteiger partial charge in [0, 0.05) is 10.5 Å². The summed E-state index contributed by atoms with van der Waals surface area (Å²) in [5, 5.41) is 12.3. The first-order chi connectivity index (χ1) is 8.81. The van der Waals surface area contributed by atoms with Crippen molar-refractivity contribution in [2.24, 2.45) is 5.16 Å². The Morgan fingerprint density at radius 2 is 1.56 bits per heavy atom. The van der Waals surface area contributed by atoms with E-state index in [-0.39, 0.29) is 5.75 Å². The number of oxime groups is 1. The summed E-state index contributed by atoms with van der Waals surface area (Å²) in [6.07, 6.45) is 0. The van der Waals surface area contributed by atoms with Crippen LogP contribution < -0.4 is 0 Å². The maximum atomic E-state index is 12.1. The van der Waals surface area contributed by atoms with E-state index in [0.29, 0.717) is 5.71 Å². The summed E-state index contributed by atoms with van der Waals surface area (Å²) in [6, 6.07) is 18.4. The van der Waals surface area contributed by atoms with Crippen LogP contribution in [0.1, 0.15) is 5.56 Å². The Hall–Kier alpha value is -1.94. The van der Waals surface area contributed by atoms with Crippen LogP contribution in [0.25, 0.3) is 0 Å². The van der Waals surface area contributed by atoms with Crippen LogP contribution in [0.5, 0.6) is 0 Å². The molecule has 1 atom stereocenters. The molecule has 3 nitrogen and oxygen atoms in total. The van der Waals surface area contributed by atoms with Crippen molar-refractivity contribution in [2.45, 2.75) is 4.90 Å². The van der Waals surface area contributed by atoms with Crippen LogP contribution in [0.4, 0.5) is 0 Å². The van der Waals surface area contributed by atoms with Crippen molar-refractivity contribution in [2.75, 3.05) is 5.75 Å². The van der Waals surface area contributed by atoms with Gasteiger partial charge in [0.1, 0.15) is 0 Å². The molecule has 0 aliphatic carbocycles. The highest BCUT2D eigenvalue weighted by Crippen LogP contribution is 2.09. The molecule has 0 aliphatic heterocycles. The fourth-order valence-electron chi connectivity index (χ4n) is 1.58. The highest BCUT2D eigenvalue weighted by molar-refractivity contribution is 7.85. The fraction of sp³-hybridized carbons (Fsp3) is 0.0714. The maximum Gasteiger partial charge on any atom is 0.0996 e. The number of rotatable bonds is 4. The molecule has 0 aliphatic rings. The van der Waals surface area contributed by atoms with Crippen molar-refractivity contribution in [1.29, 1.82) is 0 Å². The van der Waals surface area contributed by atoms with E-state index in [0.717, 1.165) is 10.5 Å². The number of nitrogens with zero attached hydrogens (tertiary/aromatic N) is 1. The third-order valence-corrected chi connectivity index (χ3v) is 3.84. The van der Waals surface area contributed by atoms with E-state index >= 15 is 0 Å². The summed E-state index contributed by atoms with van der Waals surface area (Å²) in [6.45, 7) is 0. The van der Waals surface area contributed by atoms with Gasteiger partial charge in [-0.1, -0.05) is 53.7 Å². The molecule has 0 aromatic heterocycles. The number of benzene rings is 2. The van der Waals surface area contributed by atoms with Crippen LogP contribution in [0.3, 0.4) is 0 Å². The van der Waals surface area contributed by atoms with E-state index in [2.05, 4.69) is 5.16 Å². The predicted octanol–water partition coefficient (Wildman–Crippen LogP) is 2.67. The van der Waals surface area contributed by atoms with Crippen molar-refractivity contribution in [3.05, 3.63) is 66.2 Å². The van der Waals surface area contributed by atoms with E-state index in [1.807, 2.05) is 48.5 Å². The van der Waals surface area contributed by atoms with Gasteiger partial charge in [0.05, 0.1) is 22.3 Å². The van der Waals surface area contributed by atoms with Gasteiger partial charge in [-0.3, -0.25) is 4.21 Å². The molecule has 0 saturated heterocycles. The zero-order valence-electron chi connectivity index (χ0n) is 9.69. The van der Waals surface area contributed by atoms with Gasteiger partial charge < -0.3 is 5.21 Å². The van der Waals surface area contributed by atoms with Crippen LogP contribution in [0.2, 0.25) is 0 Å². The molecule has 1 N–H and O–H groups in total. The third-order valence-electron chi connectivity index (χ3n) is 2.50. The van der Waals surface area contributed by atoms with Gasteiger partial charge >= 0.3 is 0 Å². The molecule has 0 unspecified atom stereocenters. The second-order valence-electron chi connectivity index (χ2n) is 3.72. The van der Waals surface area contributed by atoms with Gasteiger partial charge in [0.25, 0.3) is 0 Å². The lowest BCUT2D eigenvalue weighted by atomic mass is 10.1. The van der Waals surface area contributed by atoms with Crippen LogP contribution in [-0.4, -0.2) is 20.9 Å². The Morgan fingerprint density at radius 1 is 1.00 bits per heavy atom. The first-order valence-corrected chi connectivity index (χ1v) is 6.83. The lowest BCUT2D eigenvalue weighted by Crippen LogP contribution is -2.12. The fourth-order valence-corrected chi connectivity index (χ4v) is 2.68. The largest absolute Gasteiger partial charge is 0.411 e. The summed E-state index contributed by atoms with van der Waals surface area (Å²) in [7, 11) is -1.20. The van der Waals surface area contributed by atoms with Gasteiger partial charge in [0.15, 0.2) is 0 Å². The van der Waals surface area contributed by atoms with Gasteiger partial charge in [-0.05, 0) is 12.1 Å². The minimum absolute atomic E-state index is 0.199. The molecule has 2 aromatic carbocycles. The van der Waals surface area contributed by atoms with Gasteiger partial charge in [-0.25, -0.2) is 0 Å². The topological polar surface area (TPSA) is 49.7 Å². The van der Waals surface area contributed by atoms with Gasteiger partial charge in [-0.2, -0.15) is 0 Å². The molecule has 2 rings (SSSR count). The Bertz CT molecular complexity index is 553. The normalized spacial score (nSPS) is 13.2. The van der Waals surface area contributed by atoms with Crippen molar-refractivity contribution in [3.8, 4) is 0 Å². The first-order valence-electron chi connectivity index (χ1n) is 5.51. The molecule has 4 heteroatoms. The lowest BCUT2D eigenvalue weighted by Gasteiger charge is -2.04. The molecular weight excluding hydrogens is 246 g/mol. The molecule has 0 heterocycles. The van der Waals surface area contributed by atoms with Crippen molar-refractivity contribution in [3.63, 3.8) is 0 Å². The molecule has 0 spiro atoms. The van der Waals surface area contributed by atoms with Crippen LogP contribution in [-0.2, 0) is 10.8 Å². The lowest BCUT2D eigenvalue weighted by molar-refractivity contribution is 0.319. The molecule has 2 aromatic rings. The zero-order chi connectivity index (χ0) is 12.8. The van der Waals surface area contributed by atoms with E-state index in [9.17, 15) is 4.21 Å². The molecule has 0 amide bonds. The van der Waals surface area contributed by atoms with Crippen LogP contribution >= 0.6 is 0 Å². The molecule has 0 radical (unpaired) electrons. The summed E-state index contributed by atoms with van der Waals surface area (Å²) in [4.78, 5) is 0.731. The van der Waals surface area contributed by atoms with Gasteiger partial charge in [-0.15, -0.1) is 0 Å². The summed E-state index contributed by atoms with van der Waals surface area (Å²) in [5.41, 5.74) is 1.21. The van der Waals surface area contributed by atoms with Crippen LogP contribution in [0, 0.1) is 0 Å². The van der Waals surface area contributed by atoms with E-state index in [1.54, 1.807) is 12.1 Å². The summed E-state index contributed by atoms with van der Waals surface area (Å²) >= 11 is 0. The predicted molar refractivity (Wildman–Crippen MR) is 72.5 cm³/mol. The minimum Gasteiger partial charge on any atom is -0.411 e. The Kier molecular flexibility index (Phi) is 4.25. The Morgan fingerprint density at radius 3 is 2.11 bits per heavy atom. The SMILES string of the molecule is O=[S@](CC(=NO)c1ccccc1)c1ccccc1. The number of hydrogen-bond donors (Lipinski definition) is 1. The zero-order valence-corrected chi connectivity index (χ0v) is 10.5. The summed E-state index contributed by atoms with van der Waals surface area (Å²) < 4.78 is 12.1. The van der Waals surface area contributed by atoms with Crippen molar-refractivity contribution >= 4 is 16.5 Å². The van der Waals surface area contributed by atoms with E-state index in [4.69, 9.17) is 5.21 Å². The highest BCUT2D eigenvalue weighted by atomic mass is 32.2. The molecule has 0 bridgehead atoms. The second-order valence-corrected chi connectivity index (χ2v) is 5.17. The Labute approximate surface area is 108 Å².